The average Bonchev–Trinajstić information content (AvgIpc) is 2.56. The molecular weight excluding hydrogens is 359 g/mol. The minimum atomic E-state index is -3.73. The van der Waals surface area contributed by atoms with Crippen LogP contribution in [-0.4, -0.2) is 40.8 Å². The smallest absolute Gasteiger partial charge is 0.293 e. The summed E-state index contributed by atoms with van der Waals surface area (Å²) in [6.07, 6.45) is -0.0927. The fourth-order valence-corrected chi connectivity index (χ4v) is 3.07. The Morgan fingerprint density at radius 1 is 1.32 bits per heavy atom. The molecule has 1 unspecified atom stereocenters. The number of alkyl halides is 3. The second kappa shape index (κ2) is 6.95. The highest BCUT2D eigenvalue weighted by atomic mass is 32.2. The van der Waals surface area contributed by atoms with Crippen LogP contribution in [-0.2, 0) is 16.4 Å². The van der Waals surface area contributed by atoms with Gasteiger partial charge >= 0.3 is 5.69 Å². The average molecular weight is 375 g/mol. The number of aromatic nitrogens is 3. The van der Waals surface area contributed by atoms with Gasteiger partial charge in [0.2, 0.25) is 0 Å². The minimum Gasteiger partial charge on any atom is -0.293 e. The van der Waals surface area contributed by atoms with Crippen LogP contribution in [0.25, 0.3) is 11.4 Å². The molecule has 0 saturated carbocycles. The largest absolute Gasteiger partial charge is 0.348 e. The van der Waals surface area contributed by atoms with E-state index in [2.05, 4.69) is 9.97 Å². The third-order valence-electron chi connectivity index (χ3n) is 3.57. The van der Waals surface area contributed by atoms with Gasteiger partial charge in [-0.25, -0.2) is 26.4 Å². The van der Waals surface area contributed by atoms with Gasteiger partial charge in [0, 0.05) is 12.4 Å². The molecule has 10 heteroatoms. The van der Waals surface area contributed by atoms with Gasteiger partial charge in [0.1, 0.15) is 5.69 Å². The molecule has 2 rings (SSSR count). The maximum absolute atomic E-state index is 13.4. The van der Waals surface area contributed by atoms with Crippen molar-refractivity contribution in [2.75, 3.05) is 5.75 Å². The minimum absolute atomic E-state index is 0.0424. The number of pyridine rings is 1. The number of nitrogens with zero attached hydrogens (tertiary/aromatic N) is 3. The summed E-state index contributed by atoms with van der Waals surface area (Å²) in [4.78, 5) is 19.4. The van der Waals surface area contributed by atoms with Crippen LogP contribution in [0.3, 0.4) is 0 Å². The lowest BCUT2D eigenvalue weighted by Crippen LogP contribution is -2.37. The zero-order valence-corrected chi connectivity index (χ0v) is 14.3. The SMILES string of the molecule is CCS(=O)(=O)c1cccnc1-c1ccn(CC(F)(F)C(C)F)c(=O)n1. The molecule has 0 saturated heterocycles. The lowest BCUT2D eigenvalue weighted by atomic mass is 10.2. The molecule has 0 spiro atoms. The molecule has 0 amide bonds. The Morgan fingerprint density at radius 3 is 2.56 bits per heavy atom. The Morgan fingerprint density at radius 2 is 2.00 bits per heavy atom. The van der Waals surface area contributed by atoms with E-state index in [1.165, 1.54) is 31.3 Å². The molecular formula is C15H16F3N3O3S. The summed E-state index contributed by atoms with van der Waals surface area (Å²) in [7, 11) is -3.62. The normalized spacial score (nSPS) is 13.6. The first kappa shape index (κ1) is 19.1. The standard InChI is InChI=1S/C15H16F3N3O3S/c1-3-25(23,24)12-5-4-7-19-13(12)11-6-8-21(14(22)20-11)9-15(17,18)10(2)16/h4-8,10H,3,9H2,1-2H3. The van der Waals surface area contributed by atoms with Crippen LogP contribution < -0.4 is 5.69 Å². The molecule has 0 aliphatic heterocycles. The van der Waals surface area contributed by atoms with Crippen molar-refractivity contribution in [2.24, 2.45) is 0 Å². The second-order valence-electron chi connectivity index (χ2n) is 5.35. The zero-order valence-electron chi connectivity index (χ0n) is 13.5. The van der Waals surface area contributed by atoms with E-state index < -0.39 is 34.2 Å². The predicted molar refractivity (Wildman–Crippen MR) is 85.0 cm³/mol. The highest BCUT2D eigenvalue weighted by Gasteiger charge is 2.37. The number of halogens is 3. The Balaban J connectivity index is 2.49. The number of hydrogen-bond donors (Lipinski definition) is 0. The van der Waals surface area contributed by atoms with E-state index in [1.807, 2.05) is 0 Å². The lowest BCUT2D eigenvalue weighted by molar-refractivity contribution is -0.0786. The molecule has 2 heterocycles. The maximum Gasteiger partial charge on any atom is 0.348 e. The van der Waals surface area contributed by atoms with Gasteiger partial charge < -0.3 is 0 Å². The van der Waals surface area contributed by atoms with Crippen molar-refractivity contribution in [3.8, 4) is 11.4 Å². The molecule has 2 aromatic rings. The Hall–Kier alpha value is -2.23. The van der Waals surface area contributed by atoms with Crippen molar-refractivity contribution in [1.82, 2.24) is 14.5 Å². The lowest BCUT2D eigenvalue weighted by Gasteiger charge is -2.18. The van der Waals surface area contributed by atoms with E-state index in [0.29, 0.717) is 11.5 Å². The van der Waals surface area contributed by atoms with Crippen molar-refractivity contribution in [3.05, 3.63) is 41.1 Å². The van der Waals surface area contributed by atoms with E-state index >= 15 is 0 Å². The van der Waals surface area contributed by atoms with Crippen molar-refractivity contribution < 1.29 is 21.6 Å². The monoisotopic (exact) mass is 375 g/mol. The van der Waals surface area contributed by atoms with Gasteiger partial charge in [-0.2, -0.15) is 4.98 Å². The molecule has 0 bridgehead atoms. The Bertz CT molecular complexity index is 927. The van der Waals surface area contributed by atoms with Crippen molar-refractivity contribution >= 4 is 9.84 Å². The first-order valence-electron chi connectivity index (χ1n) is 7.36. The molecule has 0 aliphatic carbocycles. The summed E-state index contributed by atoms with van der Waals surface area (Å²) in [5.74, 6) is -3.90. The molecule has 6 nitrogen and oxygen atoms in total. The van der Waals surface area contributed by atoms with E-state index in [4.69, 9.17) is 0 Å². The first-order valence-corrected chi connectivity index (χ1v) is 9.01. The molecule has 0 aromatic carbocycles. The number of rotatable bonds is 6. The van der Waals surface area contributed by atoms with Crippen LogP contribution in [0.2, 0.25) is 0 Å². The molecule has 136 valence electrons. The van der Waals surface area contributed by atoms with E-state index in [0.717, 1.165) is 6.20 Å². The summed E-state index contributed by atoms with van der Waals surface area (Å²) < 4.78 is 64.6. The van der Waals surface area contributed by atoms with Gasteiger partial charge in [0.15, 0.2) is 16.0 Å². The van der Waals surface area contributed by atoms with Crippen LogP contribution in [0.15, 0.2) is 40.3 Å². The summed E-state index contributed by atoms with van der Waals surface area (Å²) in [5, 5.41) is 0. The van der Waals surface area contributed by atoms with Gasteiger partial charge in [0.05, 0.1) is 22.9 Å². The summed E-state index contributed by atoms with van der Waals surface area (Å²) >= 11 is 0. The van der Waals surface area contributed by atoms with E-state index in [-0.39, 0.29) is 22.0 Å². The molecule has 2 aromatic heterocycles. The predicted octanol–water partition coefficient (Wildman–Crippen LogP) is 2.09. The quantitative estimate of drug-likeness (QED) is 0.772. The van der Waals surface area contributed by atoms with Gasteiger partial charge in [0.25, 0.3) is 5.92 Å². The third kappa shape index (κ3) is 4.06. The van der Waals surface area contributed by atoms with E-state index in [9.17, 15) is 26.4 Å². The first-order chi connectivity index (χ1) is 11.6. The number of hydrogen-bond acceptors (Lipinski definition) is 5. The van der Waals surface area contributed by atoms with Crippen LogP contribution in [0, 0.1) is 0 Å². The summed E-state index contributed by atoms with van der Waals surface area (Å²) in [5.41, 5.74) is -1.16. The molecule has 0 N–H and O–H groups in total. The third-order valence-corrected chi connectivity index (χ3v) is 5.33. The Labute approximate surface area is 142 Å². The van der Waals surface area contributed by atoms with Gasteiger partial charge in [-0.1, -0.05) is 6.92 Å². The van der Waals surface area contributed by atoms with Crippen LogP contribution >= 0.6 is 0 Å². The van der Waals surface area contributed by atoms with Crippen LogP contribution in [0.1, 0.15) is 13.8 Å². The van der Waals surface area contributed by atoms with Crippen molar-refractivity contribution in [1.29, 1.82) is 0 Å². The fraction of sp³-hybridized carbons (Fsp3) is 0.400. The molecule has 0 radical (unpaired) electrons. The van der Waals surface area contributed by atoms with Gasteiger partial charge in [-0.15, -0.1) is 0 Å². The fourth-order valence-electron chi connectivity index (χ4n) is 2.02. The summed E-state index contributed by atoms with van der Waals surface area (Å²) in [6.45, 7) is 0.986. The summed E-state index contributed by atoms with van der Waals surface area (Å²) in [6, 6.07) is 3.95. The van der Waals surface area contributed by atoms with Crippen molar-refractivity contribution in [2.45, 2.75) is 37.4 Å². The molecule has 0 aliphatic rings. The van der Waals surface area contributed by atoms with E-state index in [1.54, 1.807) is 0 Å². The second-order valence-corrected chi connectivity index (χ2v) is 7.60. The van der Waals surface area contributed by atoms with Crippen molar-refractivity contribution in [3.63, 3.8) is 0 Å². The van der Waals surface area contributed by atoms with Gasteiger partial charge in [-0.3, -0.25) is 9.55 Å². The highest BCUT2D eigenvalue weighted by molar-refractivity contribution is 7.91. The topological polar surface area (TPSA) is 81.9 Å². The Kier molecular flexibility index (Phi) is 5.31. The highest BCUT2D eigenvalue weighted by Crippen LogP contribution is 2.25. The molecule has 1 atom stereocenters. The number of sulfone groups is 1. The zero-order chi connectivity index (χ0) is 18.8. The van der Waals surface area contributed by atoms with Crippen LogP contribution in [0.5, 0.6) is 0 Å². The maximum atomic E-state index is 13.4. The molecule has 25 heavy (non-hydrogen) atoms. The van der Waals surface area contributed by atoms with Gasteiger partial charge in [-0.05, 0) is 25.1 Å². The molecule has 0 fully saturated rings. The van der Waals surface area contributed by atoms with Crippen LogP contribution in [0.4, 0.5) is 13.2 Å².